The maximum Gasteiger partial charge on any atom is 0.417 e. The number of piperazine rings is 1. The van der Waals surface area contributed by atoms with Gasteiger partial charge in [-0.05, 0) is 18.2 Å². The van der Waals surface area contributed by atoms with Crippen molar-refractivity contribution in [1.29, 1.82) is 5.26 Å². The number of alkyl halides is 3. The summed E-state index contributed by atoms with van der Waals surface area (Å²) < 4.78 is 38.6. The van der Waals surface area contributed by atoms with Crippen molar-refractivity contribution in [3.05, 3.63) is 29.3 Å². The summed E-state index contributed by atoms with van der Waals surface area (Å²) in [5.41, 5.74) is -0.543. The van der Waals surface area contributed by atoms with Crippen LogP contribution in [0.4, 0.5) is 18.9 Å². The van der Waals surface area contributed by atoms with E-state index in [4.69, 9.17) is 5.26 Å². The molecule has 1 aromatic rings. The Hall–Kier alpha value is -1.88. The van der Waals surface area contributed by atoms with Crippen molar-refractivity contribution in [3.63, 3.8) is 0 Å². The minimum atomic E-state index is -4.50. The van der Waals surface area contributed by atoms with Crippen LogP contribution in [0.25, 0.3) is 0 Å². The highest BCUT2D eigenvalue weighted by Crippen LogP contribution is 2.34. The quantitative estimate of drug-likeness (QED) is 0.777. The van der Waals surface area contributed by atoms with Crippen LogP contribution in [0.15, 0.2) is 23.2 Å². The second-order valence-corrected chi connectivity index (χ2v) is 7.27. The Labute approximate surface area is 142 Å². The second-order valence-electron chi connectivity index (χ2n) is 5.87. The molecule has 3 rings (SSSR count). The lowest BCUT2D eigenvalue weighted by molar-refractivity contribution is -0.137. The molecule has 1 atom stereocenters. The molecule has 0 spiro atoms. The van der Waals surface area contributed by atoms with Crippen LogP contribution in [-0.2, 0) is 6.18 Å². The van der Waals surface area contributed by atoms with E-state index < -0.39 is 11.7 Å². The molecule has 24 heavy (non-hydrogen) atoms. The lowest BCUT2D eigenvalue weighted by atomic mass is 10.1. The fraction of sp³-hybridized carbons (Fsp3) is 0.500. The van der Waals surface area contributed by atoms with E-state index in [0.29, 0.717) is 24.0 Å². The molecule has 1 saturated heterocycles. The number of anilines is 1. The summed E-state index contributed by atoms with van der Waals surface area (Å²) in [7, 11) is 0. The minimum absolute atomic E-state index is 0.327. The number of nitriles is 1. The minimum Gasteiger partial charge on any atom is -0.368 e. The topological polar surface area (TPSA) is 42.6 Å². The zero-order valence-corrected chi connectivity index (χ0v) is 14.0. The third-order valence-corrected chi connectivity index (χ3v) is 5.28. The first-order valence-corrected chi connectivity index (χ1v) is 8.59. The summed E-state index contributed by atoms with van der Waals surface area (Å²) in [4.78, 5) is 8.76. The molecule has 0 amide bonds. The van der Waals surface area contributed by atoms with Gasteiger partial charge in [-0.2, -0.15) is 18.4 Å². The first-order valence-electron chi connectivity index (χ1n) is 7.71. The van der Waals surface area contributed by atoms with Gasteiger partial charge >= 0.3 is 6.18 Å². The Morgan fingerprint density at radius 1 is 1.21 bits per heavy atom. The molecule has 128 valence electrons. The average molecular weight is 354 g/mol. The zero-order chi connectivity index (χ0) is 17.3. The third kappa shape index (κ3) is 3.46. The highest BCUT2D eigenvalue weighted by molar-refractivity contribution is 8.14. The number of halogens is 3. The number of rotatable bonds is 1. The van der Waals surface area contributed by atoms with Gasteiger partial charge in [-0.25, -0.2) is 0 Å². The Bertz CT molecular complexity index is 688. The van der Waals surface area contributed by atoms with E-state index in [1.807, 2.05) is 4.90 Å². The first kappa shape index (κ1) is 17.0. The predicted octanol–water partition coefficient (Wildman–Crippen LogP) is 3.19. The number of thioether (sulfide) groups is 1. The van der Waals surface area contributed by atoms with Crippen LogP contribution in [0.3, 0.4) is 0 Å². The largest absolute Gasteiger partial charge is 0.417 e. The van der Waals surface area contributed by atoms with E-state index in [1.165, 1.54) is 12.1 Å². The van der Waals surface area contributed by atoms with Crippen LogP contribution in [0.2, 0.25) is 0 Å². The molecule has 2 heterocycles. The third-order valence-electron chi connectivity index (χ3n) is 4.13. The SMILES string of the molecule is C[C@H]1CN=C(N2CCN(c3ccc(C(F)(F)F)c(C#N)c3)CC2)S1. The number of hydrogen-bond acceptors (Lipinski definition) is 5. The lowest BCUT2D eigenvalue weighted by Crippen LogP contribution is -2.48. The Balaban J connectivity index is 1.70. The zero-order valence-electron chi connectivity index (χ0n) is 13.2. The molecule has 0 N–H and O–H groups in total. The van der Waals surface area contributed by atoms with Crippen LogP contribution >= 0.6 is 11.8 Å². The fourth-order valence-electron chi connectivity index (χ4n) is 2.86. The number of aliphatic imine (C=N–C) groups is 1. The predicted molar refractivity (Wildman–Crippen MR) is 89.3 cm³/mol. The standard InChI is InChI=1S/C16H17F3N4S/c1-11-10-21-15(24-11)23-6-4-22(5-7-23)13-2-3-14(16(17,18)19)12(8-13)9-20/h2-3,8,11H,4-7,10H2,1H3/t11-/m0/s1. The molecule has 2 aliphatic heterocycles. The number of nitrogens with zero attached hydrogens (tertiary/aromatic N) is 4. The van der Waals surface area contributed by atoms with E-state index in [1.54, 1.807) is 17.8 Å². The van der Waals surface area contributed by atoms with E-state index in [2.05, 4.69) is 16.8 Å². The maximum absolute atomic E-state index is 12.9. The Morgan fingerprint density at radius 3 is 2.42 bits per heavy atom. The molecule has 1 fully saturated rings. The van der Waals surface area contributed by atoms with Gasteiger partial charge in [0.25, 0.3) is 0 Å². The van der Waals surface area contributed by atoms with Crippen LogP contribution in [-0.4, -0.2) is 48.0 Å². The number of amidine groups is 1. The Morgan fingerprint density at radius 2 is 1.88 bits per heavy atom. The van der Waals surface area contributed by atoms with Crippen molar-refractivity contribution in [3.8, 4) is 6.07 Å². The van der Waals surface area contributed by atoms with Crippen LogP contribution in [0.1, 0.15) is 18.1 Å². The van der Waals surface area contributed by atoms with E-state index in [0.717, 1.165) is 30.9 Å². The van der Waals surface area contributed by atoms with Crippen molar-refractivity contribution in [2.24, 2.45) is 4.99 Å². The Kier molecular flexibility index (Phi) is 4.63. The van der Waals surface area contributed by atoms with Crippen molar-refractivity contribution in [2.45, 2.75) is 18.3 Å². The molecule has 0 saturated carbocycles. The van der Waals surface area contributed by atoms with Gasteiger partial charge < -0.3 is 9.80 Å². The van der Waals surface area contributed by atoms with Gasteiger partial charge in [0, 0.05) is 37.1 Å². The highest BCUT2D eigenvalue weighted by atomic mass is 32.2. The van der Waals surface area contributed by atoms with Crippen LogP contribution < -0.4 is 4.90 Å². The van der Waals surface area contributed by atoms with Gasteiger partial charge in [0.1, 0.15) is 0 Å². The van der Waals surface area contributed by atoms with E-state index in [9.17, 15) is 13.2 Å². The normalized spacial score (nSPS) is 21.6. The summed E-state index contributed by atoms with van der Waals surface area (Å²) in [5.74, 6) is 0. The van der Waals surface area contributed by atoms with Gasteiger partial charge in [-0.15, -0.1) is 0 Å². The first-order chi connectivity index (χ1) is 11.4. The van der Waals surface area contributed by atoms with E-state index >= 15 is 0 Å². The summed E-state index contributed by atoms with van der Waals surface area (Å²) >= 11 is 1.77. The molecule has 2 aliphatic rings. The number of benzene rings is 1. The van der Waals surface area contributed by atoms with Crippen molar-refractivity contribution in [2.75, 3.05) is 37.6 Å². The smallest absolute Gasteiger partial charge is 0.368 e. The molecule has 0 radical (unpaired) electrons. The monoisotopic (exact) mass is 354 g/mol. The highest BCUT2D eigenvalue weighted by Gasteiger charge is 2.34. The molecular formula is C16H17F3N4S. The van der Waals surface area contributed by atoms with Gasteiger partial charge in [0.15, 0.2) is 5.17 Å². The van der Waals surface area contributed by atoms with Gasteiger partial charge in [-0.3, -0.25) is 4.99 Å². The summed E-state index contributed by atoms with van der Waals surface area (Å²) in [6.07, 6.45) is -4.50. The van der Waals surface area contributed by atoms with Gasteiger partial charge in [0.05, 0.1) is 23.7 Å². The van der Waals surface area contributed by atoms with E-state index in [-0.39, 0.29) is 5.56 Å². The second kappa shape index (κ2) is 6.55. The van der Waals surface area contributed by atoms with Crippen LogP contribution in [0, 0.1) is 11.3 Å². The average Bonchev–Trinajstić information content (AvgIpc) is 3.00. The summed E-state index contributed by atoms with van der Waals surface area (Å²) in [5, 5.41) is 10.6. The van der Waals surface area contributed by atoms with Crippen LogP contribution in [0.5, 0.6) is 0 Å². The summed E-state index contributed by atoms with van der Waals surface area (Å²) in [6.45, 7) is 5.94. The fourth-order valence-corrected chi connectivity index (χ4v) is 3.85. The van der Waals surface area contributed by atoms with Crippen molar-refractivity contribution < 1.29 is 13.2 Å². The molecule has 0 unspecified atom stereocenters. The lowest BCUT2D eigenvalue weighted by Gasteiger charge is -2.37. The molecule has 1 aromatic carbocycles. The number of hydrogen-bond donors (Lipinski definition) is 0. The maximum atomic E-state index is 12.9. The summed E-state index contributed by atoms with van der Waals surface area (Å²) in [6, 6.07) is 5.44. The molecule has 8 heteroatoms. The van der Waals surface area contributed by atoms with Gasteiger partial charge in [-0.1, -0.05) is 18.7 Å². The molecule has 0 bridgehead atoms. The molecule has 4 nitrogen and oxygen atoms in total. The molecule has 0 aromatic heterocycles. The molecule has 0 aliphatic carbocycles. The van der Waals surface area contributed by atoms with Gasteiger partial charge in [0.2, 0.25) is 0 Å². The van der Waals surface area contributed by atoms with Crippen molar-refractivity contribution in [1.82, 2.24) is 4.90 Å². The van der Waals surface area contributed by atoms with Crippen molar-refractivity contribution >= 4 is 22.6 Å². The molecular weight excluding hydrogens is 337 g/mol.